The van der Waals surface area contributed by atoms with E-state index in [2.05, 4.69) is 83.4 Å². The third-order valence-corrected chi connectivity index (χ3v) is 5.56. The third-order valence-electron chi connectivity index (χ3n) is 4.47. The molecule has 0 aliphatic heterocycles. The fraction of sp³-hybridized carbons (Fsp3) is 0. The van der Waals surface area contributed by atoms with Gasteiger partial charge in [-0.25, -0.2) is 4.98 Å². The summed E-state index contributed by atoms with van der Waals surface area (Å²) in [6.07, 6.45) is 2.08. The van der Waals surface area contributed by atoms with Gasteiger partial charge >= 0.3 is 0 Å². The van der Waals surface area contributed by atoms with Gasteiger partial charge in [-0.05, 0) is 41.1 Å². The van der Waals surface area contributed by atoms with E-state index >= 15 is 0 Å². The molecule has 5 aromatic rings. The number of benzene rings is 3. The second kappa shape index (κ2) is 6.36. The summed E-state index contributed by atoms with van der Waals surface area (Å²) >= 11 is 1.75. The number of rotatable bonds is 3. The lowest BCUT2D eigenvalue weighted by atomic mass is 10.1. The Morgan fingerprint density at radius 3 is 2.35 bits per heavy atom. The molecule has 0 amide bonds. The predicted octanol–water partition coefficient (Wildman–Crippen LogP) is 6.31. The number of aromatic nitrogens is 2. The highest BCUT2D eigenvalue weighted by Crippen LogP contribution is 2.37. The van der Waals surface area contributed by atoms with Crippen molar-refractivity contribution in [3.63, 3.8) is 0 Å². The first-order valence-corrected chi connectivity index (χ1v) is 9.39. The maximum absolute atomic E-state index is 4.93. The molecular weight excluding hydrogens is 336 g/mol. The van der Waals surface area contributed by atoms with Gasteiger partial charge in [0, 0.05) is 16.7 Å². The lowest BCUT2D eigenvalue weighted by Gasteiger charge is -2.06. The Balaban J connectivity index is 1.72. The Bertz CT molecular complexity index is 1210. The molecule has 0 aliphatic rings. The topological polar surface area (TPSA) is 17.3 Å². The average Bonchev–Trinajstić information content (AvgIpc) is 3.07. The Morgan fingerprint density at radius 2 is 1.46 bits per heavy atom. The van der Waals surface area contributed by atoms with Crippen molar-refractivity contribution in [1.82, 2.24) is 9.38 Å². The van der Waals surface area contributed by atoms with Gasteiger partial charge in [-0.1, -0.05) is 72.4 Å². The summed E-state index contributed by atoms with van der Waals surface area (Å²) < 4.78 is 2.17. The Labute approximate surface area is 156 Å². The van der Waals surface area contributed by atoms with Crippen LogP contribution in [-0.4, -0.2) is 9.38 Å². The molecule has 5 rings (SSSR count). The summed E-state index contributed by atoms with van der Waals surface area (Å²) in [5, 5.41) is 3.62. The van der Waals surface area contributed by atoms with Crippen molar-refractivity contribution in [2.75, 3.05) is 0 Å². The maximum Gasteiger partial charge on any atom is 0.138 e. The van der Waals surface area contributed by atoms with Gasteiger partial charge < -0.3 is 0 Å². The van der Waals surface area contributed by atoms with Crippen molar-refractivity contribution in [3.8, 4) is 11.3 Å². The summed E-state index contributed by atoms with van der Waals surface area (Å²) in [6.45, 7) is 0. The van der Waals surface area contributed by atoms with E-state index in [1.165, 1.54) is 15.7 Å². The van der Waals surface area contributed by atoms with Crippen LogP contribution in [0.15, 0.2) is 107 Å². The molecule has 0 spiro atoms. The van der Waals surface area contributed by atoms with E-state index in [9.17, 15) is 0 Å². The van der Waals surface area contributed by atoms with Crippen molar-refractivity contribution in [2.45, 2.75) is 9.92 Å². The molecule has 2 nitrogen and oxygen atoms in total. The largest absolute Gasteiger partial charge is 0.294 e. The van der Waals surface area contributed by atoms with Gasteiger partial charge in [0.2, 0.25) is 0 Å². The molecule has 0 unspecified atom stereocenters. The Hall–Kier alpha value is -3.04. The molecule has 0 radical (unpaired) electrons. The first kappa shape index (κ1) is 15.2. The lowest BCUT2D eigenvalue weighted by Crippen LogP contribution is -1.87. The molecule has 0 fully saturated rings. The van der Waals surface area contributed by atoms with Gasteiger partial charge in [0.1, 0.15) is 16.4 Å². The Kier molecular flexibility index (Phi) is 3.72. The number of pyridine rings is 1. The van der Waals surface area contributed by atoms with E-state index in [-0.39, 0.29) is 0 Å². The highest BCUT2D eigenvalue weighted by atomic mass is 32.2. The van der Waals surface area contributed by atoms with E-state index in [1.54, 1.807) is 11.8 Å². The molecule has 124 valence electrons. The first-order chi connectivity index (χ1) is 12.9. The lowest BCUT2D eigenvalue weighted by molar-refractivity contribution is 1.05. The van der Waals surface area contributed by atoms with E-state index in [1.807, 2.05) is 18.2 Å². The Morgan fingerprint density at radius 1 is 0.692 bits per heavy atom. The minimum Gasteiger partial charge on any atom is -0.294 e. The van der Waals surface area contributed by atoms with Crippen molar-refractivity contribution < 1.29 is 0 Å². The predicted molar refractivity (Wildman–Crippen MR) is 109 cm³/mol. The zero-order valence-corrected chi connectivity index (χ0v) is 14.9. The minimum absolute atomic E-state index is 0.967. The number of nitrogens with zero attached hydrogens (tertiary/aromatic N) is 2. The molecule has 26 heavy (non-hydrogen) atoms. The van der Waals surface area contributed by atoms with Crippen molar-refractivity contribution in [1.29, 1.82) is 0 Å². The highest BCUT2D eigenvalue weighted by molar-refractivity contribution is 7.99. The van der Waals surface area contributed by atoms with Crippen LogP contribution in [0.2, 0.25) is 0 Å². The van der Waals surface area contributed by atoms with Gasteiger partial charge in [0.15, 0.2) is 0 Å². The van der Waals surface area contributed by atoms with E-state index in [4.69, 9.17) is 4.98 Å². The molecule has 0 bridgehead atoms. The highest BCUT2D eigenvalue weighted by Gasteiger charge is 2.15. The van der Waals surface area contributed by atoms with Crippen LogP contribution in [0.25, 0.3) is 27.7 Å². The molecule has 2 heterocycles. The molecule has 0 saturated heterocycles. The second-order valence-electron chi connectivity index (χ2n) is 6.17. The maximum atomic E-state index is 4.93. The first-order valence-electron chi connectivity index (χ1n) is 8.58. The van der Waals surface area contributed by atoms with Crippen molar-refractivity contribution >= 4 is 28.2 Å². The average molecular weight is 352 g/mol. The molecular formula is C23H16N2S. The van der Waals surface area contributed by atoms with Gasteiger partial charge in [0.05, 0.1) is 0 Å². The molecule has 3 aromatic carbocycles. The third kappa shape index (κ3) is 2.67. The zero-order valence-electron chi connectivity index (χ0n) is 14.0. The number of imidazole rings is 1. The van der Waals surface area contributed by atoms with Gasteiger partial charge in [-0.2, -0.15) is 0 Å². The van der Waals surface area contributed by atoms with Gasteiger partial charge in [-0.3, -0.25) is 4.40 Å². The summed E-state index contributed by atoms with van der Waals surface area (Å²) in [6, 6.07) is 31.6. The molecule has 0 aliphatic carbocycles. The normalized spacial score (nSPS) is 11.2. The van der Waals surface area contributed by atoms with E-state index in [0.717, 1.165) is 21.9 Å². The van der Waals surface area contributed by atoms with Crippen LogP contribution in [0.4, 0.5) is 0 Å². The summed E-state index contributed by atoms with van der Waals surface area (Å²) in [4.78, 5) is 6.14. The number of hydrogen-bond donors (Lipinski definition) is 0. The molecule has 0 atom stereocenters. The van der Waals surface area contributed by atoms with Crippen LogP contribution in [0.1, 0.15) is 0 Å². The summed E-state index contributed by atoms with van der Waals surface area (Å²) in [5.41, 5.74) is 3.13. The van der Waals surface area contributed by atoms with Crippen LogP contribution in [0, 0.1) is 0 Å². The zero-order chi connectivity index (χ0) is 17.3. The summed E-state index contributed by atoms with van der Waals surface area (Å²) in [5.74, 6) is 0. The van der Waals surface area contributed by atoms with Crippen LogP contribution in [-0.2, 0) is 0 Å². The van der Waals surface area contributed by atoms with Crippen molar-refractivity contribution in [2.24, 2.45) is 0 Å². The monoisotopic (exact) mass is 352 g/mol. The fourth-order valence-corrected chi connectivity index (χ4v) is 4.23. The van der Waals surface area contributed by atoms with Gasteiger partial charge in [-0.15, -0.1) is 0 Å². The molecule has 3 heteroatoms. The molecule has 0 N–H and O–H groups in total. The number of fused-ring (bicyclic) bond motifs is 2. The standard InChI is InChI=1S/C23H16N2S/c1-2-10-20(11-3-1)26-23-22(24-21-12-6-7-15-25(21)23)19-14-13-17-8-4-5-9-18(17)16-19/h1-16H. The molecule has 2 aromatic heterocycles. The molecule has 0 saturated carbocycles. The second-order valence-corrected chi connectivity index (χ2v) is 7.23. The minimum atomic E-state index is 0.967. The van der Waals surface area contributed by atoms with Crippen LogP contribution >= 0.6 is 11.8 Å². The van der Waals surface area contributed by atoms with Crippen LogP contribution < -0.4 is 0 Å². The SMILES string of the molecule is c1ccc(Sc2c(-c3ccc4ccccc4c3)nc3ccccn23)cc1. The summed E-state index contributed by atoms with van der Waals surface area (Å²) in [7, 11) is 0. The van der Waals surface area contributed by atoms with Gasteiger partial charge in [0.25, 0.3) is 0 Å². The van der Waals surface area contributed by atoms with Crippen LogP contribution in [0.5, 0.6) is 0 Å². The quantitative estimate of drug-likeness (QED) is 0.379. The van der Waals surface area contributed by atoms with Crippen molar-refractivity contribution in [3.05, 3.63) is 97.2 Å². The van der Waals surface area contributed by atoms with E-state index < -0.39 is 0 Å². The smallest absolute Gasteiger partial charge is 0.138 e. The van der Waals surface area contributed by atoms with Crippen LogP contribution in [0.3, 0.4) is 0 Å². The van der Waals surface area contributed by atoms with E-state index in [0.29, 0.717) is 0 Å². The number of hydrogen-bond acceptors (Lipinski definition) is 2. The fourth-order valence-electron chi connectivity index (χ4n) is 3.20.